The minimum Gasteiger partial charge on any atom is -0.325 e. The van der Waals surface area contributed by atoms with Gasteiger partial charge in [0.1, 0.15) is 0 Å². The quantitative estimate of drug-likeness (QED) is 0.609. The summed E-state index contributed by atoms with van der Waals surface area (Å²) in [4.78, 5) is 17.0. The number of thioether (sulfide) groups is 1. The second kappa shape index (κ2) is 7.98. The molecule has 1 unspecified atom stereocenters. The molecule has 2 aromatic carbocycles. The molecule has 0 saturated heterocycles. The van der Waals surface area contributed by atoms with Gasteiger partial charge in [-0.3, -0.25) is 9.36 Å². The second-order valence-electron chi connectivity index (χ2n) is 6.08. The van der Waals surface area contributed by atoms with Gasteiger partial charge < -0.3 is 5.32 Å². The Morgan fingerprint density at radius 1 is 1.19 bits per heavy atom. The maximum absolute atomic E-state index is 12.7. The largest absolute Gasteiger partial charge is 0.325 e. The molecular formula is C20H20ClN3OS. The van der Waals surface area contributed by atoms with Crippen molar-refractivity contribution in [3.05, 3.63) is 71.0 Å². The lowest BCUT2D eigenvalue weighted by Crippen LogP contribution is -2.23. The molecule has 3 rings (SSSR count). The first-order valence-corrected chi connectivity index (χ1v) is 9.54. The van der Waals surface area contributed by atoms with E-state index in [2.05, 4.69) is 10.3 Å². The standard InChI is InChI=1S/C20H20ClN3OS/c1-13-6-4-7-14(2)18(13)23-19(25)15(3)26-20-22-10-11-24(20)17-9-5-8-16(21)12-17/h4-12,15H,1-3H3,(H,23,25). The van der Waals surface area contributed by atoms with E-state index in [0.717, 1.165) is 27.7 Å². The maximum atomic E-state index is 12.7. The summed E-state index contributed by atoms with van der Waals surface area (Å²) < 4.78 is 1.93. The van der Waals surface area contributed by atoms with Crippen LogP contribution in [0, 0.1) is 13.8 Å². The van der Waals surface area contributed by atoms with Crippen molar-refractivity contribution in [3.8, 4) is 5.69 Å². The number of carbonyl (C=O) groups excluding carboxylic acids is 1. The number of amides is 1. The van der Waals surface area contributed by atoms with Crippen molar-refractivity contribution in [1.29, 1.82) is 0 Å². The van der Waals surface area contributed by atoms with Crippen molar-refractivity contribution in [3.63, 3.8) is 0 Å². The fourth-order valence-corrected chi connectivity index (χ4v) is 3.72. The molecule has 0 aliphatic carbocycles. The minimum atomic E-state index is -0.297. The number of hydrogen-bond acceptors (Lipinski definition) is 3. The molecule has 1 amide bonds. The molecule has 0 spiro atoms. The summed E-state index contributed by atoms with van der Waals surface area (Å²) in [7, 11) is 0. The number of nitrogens with one attached hydrogen (secondary N) is 1. The van der Waals surface area contributed by atoms with Gasteiger partial charge in [0, 0.05) is 28.8 Å². The highest BCUT2D eigenvalue weighted by Crippen LogP contribution is 2.27. The van der Waals surface area contributed by atoms with E-state index in [-0.39, 0.29) is 11.2 Å². The van der Waals surface area contributed by atoms with Crippen LogP contribution in [0.3, 0.4) is 0 Å². The number of imidazole rings is 1. The van der Waals surface area contributed by atoms with Crippen LogP contribution in [0.4, 0.5) is 5.69 Å². The third kappa shape index (κ3) is 4.11. The number of halogens is 1. The normalized spacial score (nSPS) is 12.0. The molecule has 1 atom stereocenters. The molecule has 0 aliphatic rings. The zero-order valence-corrected chi connectivity index (χ0v) is 16.4. The molecule has 1 aromatic heterocycles. The van der Waals surface area contributed by atoms with E-state index >= 15 is 0 Å². The summed E-state index contributed by atoms with van der Waals surface area (Å²) in [6, 6.07) is 13.5. The summed E-state index contributed by atoms with van der Waals surface area (Å²) in [5.74, 6) is -0.0481. The lowest BCUT2D eigenvalue weighted by atomic mass is 10.1. The molecule has 4 nitrogen and oxygen atoms in total. The van der Waals surface area contributed by atoms with Crippen LogP contribution in [-0.2, 0) is 4.79 Å². The Morgan fingerprint density at radius 2 is 1.88 bits per heavy atom. The number of nitrogens with zero attached hydrogens (tertiary/aromatic N) is 2. The number of hydrogen-bond donors (Lipinski definition) is 1. The number of benzene rings is 2. The van der Waals surface area contributed by atoms with Crippen molar-refractivity contribution in [2.75, 3.05) is 5.32 Å². The number of para-hydroxylation sites is 1. The molecule has 0 fully saturated rings. The van der Waals surface area contributed by atoms with Crippen molar-refractivity contribution in [1.82, 2.24) is 9.55 Å². The van der Waals surface area contributed by atoms with Gasteiger partial charge in [0.2, 0.25) is 5.91 Å². The van der Waals surface area contributed by atoms with Crippen LogP contribution in [0.5, 0.6) is 0 Å². The van der Waals surface area contributed by atoms with E-state index in [9.17, 15) is 4.79 Å². The monoisotopic (exact) mass is 385 g/mol. The first-order valence-electron chi connectivity index (χ1n) is 8.28. The maximum Gasteiger partial charge on any atom is 0.237 e. The van der Waals surface area contributed by atoms with Crippen molar-refractivity contribution >= 4 is 35.0 Å². The Bertz CT molecular complexity index is 918. The molecule has 1 N–H and O–H groups in total. The van der Waals surface area contributed by atoms with Crippen molar-refractivity contribution in [2.45, 2.75) is 31.2 Å². The average molecular weight is 386 g/mol. The number of rotatable bonds is 5. The Kier molecular flexibility index (Phi) is 5.69. The van der Waals surface area contributed by atoms with E-state index in [0.29, 0.717) is 5.02 Å². The molecule has 1 heterocycles. The highest BCUT2D eigenvalue weighted by Gasteiger charge is 2.19. The van der Waals surface area contributed by atoms with Crippen molar-refractivity contribution < 1.29 is 4.79 Å². The van der Waals surface area contributed by atoms with Crippen molar-refractivity contribution in [2.24, 2.45) is 0 Å². The third-order valence-electron chi connectivity index (χ3n) is 4.07. The highest BCUT2D eigenvalue weighted by atomic mass is 35.5. The zero-order chi connectivity index (χ0) is 18.7. The van der Waals surface area contributed by atoms with Gasteiger partial charge >= 0.3 is 0 Å². The van der Waals surface area contributed by atoms with Crippen LogP contribution in [0.1, 0.15) is 18.1 Å². The Balaban J connectivity index is 1.76. The van der Waals surface area contributed by atoms with Gasteiger partial charge in [0.05, 0.1) is 5.25 Å². The van der Waals surface area contributed by atoms with E-state index in [1.165, 1.54) is 11.8 Å². The predicted molar refractivity (Wildman–Crippen MR) is 108 cm³/mol. The number of aryl methyl sites for hydroxylation is 2. The van der Waals surface area contributed by atoms with Crippen LogP contribution in [0.2, 0.25) is 5.02 Å². The molecular weight excluding hydrogens is 366 g/mol. The van der Waals surface area contributed by atoms with Gasteiger partial charge in [0.15, 0.2) is 5.16 Å². The summed E-state index contributed by atoms with van der Waals surface area (Å²) in [5, 5.41) is 4.15. The Labute approximate surface area is 162 Å². The van der Waals surface area contributed by atoms with E-state index in [4.69, 9.17) is 11.6 Å². The first-order chi connectivity index (χ1) is 12.5. The van der Waals surface area contributed by atoms with Gasteiger partial charge in [-0.2, -0.15) is 0 Å². The molecule has 26 heavy (non-hydrogen) atoms. The Hall–Kier alpha value is -2.24. The fourth-order valence-electron chi connectivity index (χ4n) is 2.65. The lowest BCUT2D eigenvalue weighted by Gasteiger charge is -2.16. The van der Waals surface area contributed by atoms with Gasteiger partial charge in [-0.15, -0.1) is 0 Å². The summed E-state index contributed by atoms with van der Waals surface area (Å²) in [6.07, 6.45) is 3.59. The van der Waals surface area contributed by atoms with Crippen LogP contribution >= 0.6 is 23.4 Å². The fraction of sp³-hybridized carbons (Fsp3) is 0.200. The molecule has 0 aliphatic heterocycles. The van der Waals surface area contributed by atoms with E-state index in [1.807, 2.05) is 74.0 Å². The SMILES string of the molecule is Cc1cccc(C)c1NC(=O)C(C)Sc1nccn1-c1cccc(Cl)c1. The molecule has 0 radical (unpaired) electrons. The van der Waals surface area contributed by atoms with Gasteiger partial charge in [-0.05, 0) is 50.1 Å². The minimum absolute atomic E-state index is 0.0481. The lowest BCUT2D eigenvalue weighted by molar-refractivity contribution is -0.115. The van der Waals surface area contributed by atoms with Crippen LogP contribution in [-0.4, -0.2) is 20.7 Å². The van der Waals surface area contributed by atoms with Crippen LogP contribution in [0.15, 0.2) is 60.0 Å². The summed E-state index contributed by atoms with van der Waals surface area (Å²) >= 11 is 7.50. The van der Waals surface area contributed by atoms with Crippen LogP contribution in [0.25, 0.3) is 5.69 Å². The first kappa shape index (κ1) is 18.5. The molecule has 3 aromatic rings. The second-order valence-corrected chi connectivity index (χ2v) is 7.82. The smallest absolute Gasteiger partial charge is 0.237 e. The van der Waals surface area contributed by atoms with E-state index in [1.54, 1.807) is 6.20 Å². The summed E-state index contributed by atoms with van der Waals surface area (Å²) in [5.41, 5.74) is 3.90. The predicted octanol–water partition coefficient (Wildman–Crippen LogP) is 5.26. The molecule has 6 heteroatoms. The zero-order valence-electron chi connectivity index (χ0n) is 14.9. The summed E-state index contributed by atoms with van der Waals surface area (Å²) in [6.45, 7) is 5.86. The highest BCUT2D eigenvalue weighted by molar-refractivity contribution is 8.00. The van der Waals surface area contributed by atoms with Gasteiger partial charge in [-0.1, -0.05) is 47.6 Å². The molecule has 0 bridgehead atoms. The number of carbonyl (C=O) groups is 1. The molecule has 0 saturated carbocycles. The topological polar surface area (TPSA) is 46.9 Å². The van der Waals surface area contributed by atoms with Gasteiger partial charge in [0.25, 0.3) is 0 Å². The number of aromatic nitrogens is 2. The van der Waals surface area contributed by atoms with E-state index < -0.39 is 0 Å². The molecule has 134 valence electrons. The Morgan fingerprint density at radius 3 is 2.58 bits per heavy atom. The van der Waals surface area contributed by atoms with Crippen LogP contribution < -0.4 is 5.32 Å². The number of anilines is 1. The average Bonchev–Trinajstić information content (AvgIpc) is 3.06. The van der Waals surface area contributed by atoms with Gasteiger partial charge in [-0.25, -0.2) is 4.98 Å². The third-order valence-corrected chi connectivity index (χ3v) is 5.39.